The Morgan fingerprint density at radius 3 is 2.66 bits per heavy atom. The SMILES string of the molecule is O=C(COc1ccc(Br)cc1Cl)Nc1ccc(S(=O)(=O)NCC2CCCO2)cc1. The molecule has 1 saturated heterocycles. The van der Waals surface area contributed by atoms with E-state index in [1.807, 2.05) is 0 Å². The predicted molar refractivity (Wildman–Crippen MR) is 114 cm³/mol. The number of rotatable bonds is 8. The normalized spacial score (nSPS) is 16.6. The standard InChI is InChI=1S/C19H20BrClN2O5S/c20-13-3-8-18(17(21)10-13)28-12-19(24)23-14-4-6-16(7-5-14)29(25,26)22-11-15-2-1-9-27-15/h3-8,10,15,22H,1-2,9,11-12H2,(H,23,24). The lowest BCUT2D eigenvalue weighted by Crippen LogP contribution is -2.31. The third kappa shape index (κ3) is 6.42. The topological polar surface area (TPSA) is 93.7 Å². The zero-order valence-electron chi connectivity index (χ0n) is 15.4. The van der Waals surface area contributed by atoms with Crippen molar-refractivity contribution in [2.75, 3.05) is 25.1 Å². The fourth-order valence-corrected chi connectivity index (χ4v) is 4.54. The van der Waals surface area contributed by atoms with Crippen LogP contribution in [0.5, 0.6) is 5.75 Å². The minimum atomic E-state index is -3.63. The molecule has 1 unspecified atom stereocenters. The Hall–Kier alpha value is -1.65. The van der Waals surface area contributed by atoms with Gasteiger partial charge in [0.05, 0.1) is 16.0 Å². The lowest BCUT2D eigenvalue weighted by molar-refractivity contribution is -0.118. The maximum Gasteiger partial charge on any atom is 0.262 e. The molecule has 7 nitrogen and oxygen atoms in total. The highest BCUT2D eigenvalue weighted by atomic mass is 79.9. The van der Waals surface area contributed by atoms with Gasteiger partial charge in [0.15, 0.2) is 6.61 Å². The van der Waals surface area contributed by atoms with Gasteiger partial charge in [-0.15, -0.1) is 0 Å². The summed E-state index contributed by atoms with van der Waals surface area (Å²) < 4.78 is 38.9. The van der Waals surface area contributed by atoms with Crippen molar-refractivity contribution in [3.05, 3.63) is 52.0 Å². The van der Waals surface area contributed by atoms with E-state index in [-0.39, 0.29) is 24.2 Å². The van der Waals surface area contributed by atoms with Crippen molar-refractivity contribution in [1.29, 1.82) is 0 Å². The Balaban J connectivity index is 1.51. The number of ether oxygens (including phenoxy) is 2. The Labute approximate surface area is 182 Å². The zero-order chi connectivity index (χ0) is 20.9. The Morgan fingerprint density at radius 2 is 2.00 bits per heavy atom. The Morgan fingerprint density at radius 1 is 1.24 bits per heavy atom. The van der Waals surface area contributed by atoms with E-state index in [1.54, 1.807) is 18.2 Å². The van der Waals surface area contributed by atoms with E-state index in [0.717, 1.165) is 17.3 Å². The molecule has 0 saturated carbocycles. The Bertz CT molecular complexity index is 963. The number of carbonyl (C=O) groups is 1. The van der Waals surface area contributed by atoms with E-state index in [0.29, 0.717) is 23.1 Å². The molecule has 0 radical (unpaired) electrons. The molecule has 2 N–H and O–H groups in total. The lowest BCUT2D eigenvalue weighted by Gasteiger charge is -2.12. The summed E-state index contributed by atoms with van der Waals surface area (Å²) in [6.07, 6.45) is 1.71. The fourth-order valence-electron chi connectivity index (χ4n) is 2.74. The quantitative estimate of drug-likeness (QED) is 0.574. The minimum Gasteiger partial charge on any atom is -0.482 e. The molecule has 29 heavy (non-hydrogen) atoms. The van der Waals surface area contributed by atoms with Crippen LogP contribution in [0.25, 0.3) is 0 Å². The lowest BCUT2D eigenvalue weighted by atomic mass is 10.2. The van der Waals surface area contributed by atoms with Crippen molar-refractivity contribution in [1.82, 2.24) is 4.72 Å². The van der Waals surface area contributed by atoms with Gasteiger partial charge in [-0.05, 0) is 55.3 Å². The van der Waals surface area contributed by atoms with Crippen molar-refractivity contribution in [3.8, 4) is 5.75 Å². The van der Waals surface area contributed by atoms with Crippen molar-refractivity contribution >= 4 is 49.1 Å². The van der Waals surface area contributed by atoms with Gasteiger partial charge in [-0.1, -0.05) is 27.5 Å². The van der Waals surface area contributed by atoms with Crippen LogP contribution < -0.4 is 14.8 Å². The first kappa shape index (κ1) is 22.0. The molecule has 1 amide bonds. The molecule has 1 atom stereocenters. The first-order valence-electron chi connectivity index (χ1n) is 8.92. The van der Waals surface area contributed by atoms with Gasteiger partial charge in [0, 0.05) is 23.3 Å². The van der Waals surface area contributed by atoms with Gasteiger partial charge in [-0.3, -0.25) is 4.79 Å². The number of hydrogen-bond donors (Lipinski definition) is 2. The maximum atomic E-state index is 12.3. The number of halogens is 2. The first-order valence-corrected chi connectivity index (χ1v) is 11.6. The number of anilines is 1. The monoisotopic (exact) mass is 502 g/mol. The van der Waals surface area contributed by atoms with E-state index in [4.69, 9.17) is 21.1 Å². The summed E-state index contributed by atoms with van der Waals surface area (Å²) >= 11 is 9.34. The van der Waals surface area contributed by atoms with Crippen LogP contribution in [0.3, 0.4) is 0 Å². The van der Waals surface area contributed by atoms with Gasteiger partial charge in [-0.25, -0.2) is 13.1 Å². The summed E-state index contributed by atoms with van der Waals surface area (Å²) in [5, 5.41) is 3.03. The minimum absolute atomic E-state index is 0.0810. The van der Waals surface area contributed by atoms with Crippen LogP contribution in [0, 0.1) is 0 Å². The number of amides is 1. The molecule has 10 heteroatoms. The molecular weight excluding hydrogens is 484 g/mol. The van der Waals surface area contributed by atoms with Gasteiger partial charge >= 0.3 is 0 Å². The van der Waals surface area contributed by atoms with Crippen molar-refractivity contribution < 1.29 is 22.7 Å². The fraction of sp³-hybridized carbons (Fsp3) is 0.316. The second-order valence-corrected chi connectivity index (χ2v) is 9.51. The van der Waals surface area contributed by atoms with Crippen LogP contribution in [0.1, 0.15) is 12.8 Å². The summed E-state index contributed by atoms with van der Waals surface area (Å²) in [5.41, 5.74) is 0.457. The molecule has 1 aliphatic heterocycles. The van der Waals surface area contributed by atoms with Crippen LogP contribution in [-0.4, -0.2) is 40.2 Å². The van der Waals surface area contributed by atoms with Crippen LogP contribution in [0.4, 0.5) is 5.69 Å². The van der Waals surface area contributed by atoms with E-state index in [1.165, 1.54) is 24.3 Å². The Kier molecular flexibility index (Phi) is 7.53. The molecule has 0 bridgehead atoms. The molecule has 2 aromatic carbocycles. The first-order chi connectivity index (χ1) is 13.8. The van der Waals surface area contributed by atoms with Crippen LogP contribution >= 0.6 is 27.5 Å². The number of sulfonamides is 1. The van der Waals surface area contributed by atoms with Crippen molar-refractivity contribution in [2.45, 2.75) is 23.8 Å². The molecule has 3 rings (SSSR count). The van der Waals surface area contributed by atoms with Gasteiger partial charge in [0.2, 0.25) is 10.0 Å². The number of hydrogen-bond acceptors (Lipinski definition) is 5. The highest BCUT2D eigenvalue weighted by Gasteiger charge is 2.20. The zero-order valence-corrected chi connectivity index (χ0v) is 18.5. The van der Waals surface area contributed by atoms with Gasteiger partial charge in [0.1, 0.15) is 5.75 Å². The molecule has 1 aliphatic rings. The molecule has 156 valence electrons. The average Bonchev–Trinajstić information content (AvgIpc) is 3.20. The largest absolute Gasteiger partial charge is 0.482 e. The second-order valence-electron chi connectivity index (χ2n) is 6.42. The summed E-state index contributed by atoms with van der Waals surface area (Å²) in [5.74, 6) is -0.000116. The van der Waals surface area contributed by atoms with Crippen LogP contribution in [0.15, 0.2) is 51.8 Å². The van der Waals surface area contributed by atoms with E-state index in [9.17, 15) is 13.2 Å². The summed E-state index contributed by atoms with van der Waals surface area (Å²) in [6, 6.07) is 11.0. The van der Waals surface area contributed by atoms with Gasteiger partial charge < -0.3 is 14.8 Å². The molecule has 0 aromatic heterocycles. The average molecular weight is 504 g/mol. The van der Waals surface area contributed by atoms with E-state index in [2.05, 4.69) is 26.0 Å². The van der Waals surface area contributed by atoms with Crippen molar-refractivity contribution in [2.24, 2.45) is 0 Å². The van der Waals surface area contributed by atoms with Gasteiger partial charge in [0.25, 0.3) is 5.91 Å². The molecule has 0 aliphatic carbocycles. The molecule has 1 heterocycles. The summed E-state index contributed by atoms with van der Waals surface area (Å²) in [6.45, 7) is 0.680. The molecule has 1 fully saturated rings. The summed E-state index contributed by atoms with van der Waals surface area (Å²) in [7, 11) is -3.63. The van der Waals surface area contributed by atoms with Crippen LogP contribution in [-0.2, 0) is 19.6 Å². The van der Waals surface area contributed by atoms with Crippen molar-refractivity contribution in [3.63, 3.8) is 0 Å². The van der Waals surface area contributed by atoms with Crippen LogP contribution in [0.2, 0.25) is 5.02 Å². The number of benzene rings is 2. The second kappa shape index (κ2) is 9.90. The third-order valence-corrected chi connectivity index (χ3v) is 6.45. The third-order valence-electron chi connectivity index (χ3n) is 4.23. The molecular formula is C19H20BrClN2O5S. The number of nitrogens with one attached hydrogen (secondary N) is 2. The van der Waals surface area contributed by atoms with Gasteiger partial charge in [-0.2, -0.15) is 0 Å². The number of carbonyl (C=O) groups excluding carboxylic acids is 1. The molecule has 2 aromatic rings. The predicted octanol–water partition coefficient (Wildman–Crippen LogP) is 3.58. The summed E-state index contributed by atoms with van der Waals surface area (Å²) in [4.78, 5) is 12.2. The maximum absolute atomic E-state index is 12.3. The highest BCUT2D eigenvalue weighted by Crippen LogP contribution is 2.27. The highest BCUT2D eigenvalue weighted by molar-refractivity contribution is 9.10. The van der Waals surface area contributed by atoms with E-state index >= 15 is 0 Å². The molecule has 0 spiro atoms. The smallest absolute Gasteiger partial charge is 0.262 e. The van der Waals surface area contributed by atoms with E-state index < -0.39 is 15.9 Å².